The number of allylic oxidation sites excluding steroid dienone is 4. The second-order valence-electron chi connectivity index (χ2n) is 8.69. The van der Waals surface area contributed by atoms with Crippen LogP contribution in [0.1, 0.15) is 54.4 Å². The average Bonchev–Trinajstić information content (AvgIpc) is 2.92. The number of hydrogen-bond acceptors (Lipinski definition) is 2. The molecule has 3 rings (SSSR count). The van der Waals surface area contributed by atoms with Gasteiger partial charge in [0.1, 0.15) is 0 Å². The summed E-state index contributed by atoms with van der Waals surface area (Å²) in [6.07, 6.45) is 15.7. The fourth-order valence-electron chi connectivity index (χ4n) is 4.00. The molecule has 0 unspecified atom stereocenters. The van der Waals surface area contributed by atoms with Crippen molar-refractivity contribution in [3.63, 3.8) is 0 Å². The molecule has 0 saturated heterocycles. The third-order valence-electron chi connectivity index (χ3n) is 6.13. The Morgan fingerprint density at radius 1 is 0.686 bits per heavy atom. The molecule has 0 fully saturated rings. The molecule has 2 heteroatoms. The van der Waals surface area contributed by atoms with E-state index in [9.17, 15) is 0 Å². The number of rotatable bonds is 12. The first-order valence-electron chi connectivity index (χ1n) is 12.3. The first-order chi connectivity index (χ1) is 17.2. The van der Waals surface area contributed by atoms with Crippen LogP contribution >= 0.6 is 0 Å². The van der Waals surface area contributed by atoms with Gasteiger partial charge in [-0.05, 0) is 71.7 Å². The van der Waals surface area contributed by atoms with Crippen LogP contribution in [-0.4, -0.2) is 0 Å². The minimum Gasteiger partial charge on any atom is -0.192 e. The summed E-state index contributed by atoms with van der Waals surface area (Å²) >= 11 is 0. The maximum atomic E-state index is 8.93. The molecule has 35 heavy (non-hydrogen) atoms. The largest absolute Gasteiger partial charge is 0.192 e. The number of benzene rings is 3. The summed E-state index contributed by atoms with van der Waals surface area (Å²) in [5.41, 5.74) is 7.51. The van der Waals surface area contributed by atoms with E-state index in [0.29, 0.717) is 11.1 Å². The molecule has 0 amide bonds. The van der Waals surface area contributed by atoms with Crippen LogP contribution in [0.15, 0.2) is 103 Å². The van der Waals surface area contributed by atoms with Gasteiger partial charge in [-0.3, -0.25) is 0 Å². The van der Waals surface area contributed by atoms with Crippen LogP contribution in [0, 0.1) is 22.7 Å². The van der Waals surface area contributed by atoms with Crippen LogP contribution in [0.2, 0.25) is 0 Å². The first kappa shape index (κ1) is 25.5. The van der Waals surface area contributed by atoms with Gasteiger partial charge in [0.15, 0.2) is 0 Å². The van der Waals surface area contributed by atoms with Gasteiger partial charge in [-0.1, -0.05) is 105 Å². The highest BCUT2D eigenvalue weighted by molar-refractivity contribution is 5.64. The fraction of sp³-hybridized carbons (Fsp3) is 0.212. The van der Waals surface area contributed by atoms with E-state index in [2.05, 4.69) is 67.2 Å². The Labute approximate surface area is 210 Å². The van der Waals surface area contributed by atoms with Crippen LogP contribution in [0.3, 0.4) is 0 Å². The number of hydrogen-bond donors (Lipinski definition) is 0. The highest BCUT2D eigenvalue weighted by Gasteiger charge is 2.00. The molecule has 0 aliphatic heterocycles. The van der Waals surface area contributed by atoms with Crippen molar-refractivity contribution in [3.05, 3.63) is 125 Å². The van der Waals surface area contributed by atoms with Crippen LogP contribution in [0.5, 0.6) is 0 Å². The molecule has 3 aromatic rings. The van der Waals surface area contributed by atoms with Crippen molar-refractivity contribution >= 4 is 6.08 Å². The Kier molecular flexibility index (Phi) is 10.3. The first-order valence-corrected chi connectivity index (χ1v) is 12.3. The lowest BCUT2D eigenvalue weighted by molar-refractivity contribution is 0.613. The van der Waals surface area contributed by atoms with E-state index in [4.69, 9.17) is 10.5 Å². The predicted molar refractivity (Wildman–Crippen MR) is 146 cm³/mol. The van der Waals surface area contributed by atoms with Gasteiger partial charge >= 0.3 is 0 Å². The zero-order valence-electron chi connectivity index (χ0n) is 20.3. The van der Waals surface area contributed by atoms with Crippen molar-refractivity contribution in [1.29, 1.82) is 10.5 Å². The maximum Gasteiger partial charge on any atom is 0.0991 e. The van der Waals surface area contributed by atoms with Crippen molar-refractivity contribution in [2.75, 3.05) is 0 Å². The number of aryl methyl sites for hydroxylation is 2. The molecule has 0 spiro atoms. The molecular formula is C33H32N2. The molecule has 0 heterocycles. The molecule has 3 aromatic carbocycles. The molecule has 0 aliphatic carbocycles. The zero-order valence-corrected chi connectivity index (χ0v) is 20.3. The number of unbranched alkanes of at least 4 members (excludes halogenated alkanes) is 4. The second-order valence-corrected chi connectivity index (χ2v) is 8.69. The van der Waals surface area contributed by atoms with Gasteiger partial charge in [-0.25, -0.2) is 0 Å². The quantitative estimate of drug-likeness (QED) is 0.156. The Morgan fingerprint density at radius 2 is 1.20 bits per heavy atom. The highest BCUT2D eigenvalue weighted by Crippen LogP contribution is 2.21. The van der Waals surface area contributed by atoms with Crippen molar-refractivity contribution in [2.45, 2.75) is 44.9 Å². The fourth-order valence-corrected chi connectivity index (χ4v) is 4.00. The van der Waals surface area contributed by atoms with Crippen LogP contribution in [0.25, 0.3) is 17.2 Å². The summed E-state index contributed by atoms with van der Waals surface area (Å²) in [5, 5.41) is 17.8. The Balaban J connectivity index is 1.31. The summed E-state index contributed by atoms with van der Waals surface area (Å²) in [6, 6.07) is 29.5. The minimum absolute atomic E-state index is 0.565. The van der Waals surface area contributed by atoms with Crippen molar-refractivity contribution < 1.29 is 0 Å². The van der Waals surface area contributed by atoms with Gasteiger partial charge in [0, 0.05) is 0 Å². The summed E-state index contributed by atoms with van der Waals surface area (Å²) in [4.78, 5) is 0. The van der Waals surface area contributed by atoms with Gasteiger partial charge in [0.05, 0.1) is 23.3 Å². The monoisotopic (exact) mass is 456 g/mol. The number of nitriles is 2. The molecule has 0 atom stereocenters. The average molecular weight is 457 g/mol. The molecule has 0 bridgehead atoms. The maximum absolute atomic E-state index is 8.93. The Bertz CT molecular complexity index is 1210. The number of nitrogens with zero attached hydrogens (tertiary/aromatic N) is 2. The smallest absolute Gasteiger partial charge is 0.0991 e. The third-order valence-corrected chi connectivity index (χ3v) is 6.13. The standard InChI is InChI=1S/C33H32N2/c1-2-27(25-34)11-8-12-30-15-13-28(14-16-30)9-6-4-3-5-7-10-29-17-21-32(22-18-29)33-23-19-31(26-35)20-24-33/h2,8,11-24H,1,3-7,9-10H2/b12-8+,27-11+. The van der Waals surface area contributed by atoms with Gasteiger partial charge in [-0.2, -0.15) is 10.5 Å². The lowest BCUT2D eigenvalue weighted by Crippen LogP contribution is -1.89. The van der Waals surface area contributed by atoms with Crippen molar-refractivity contribution in [1.82, 2.24) is 0 Å². The van der Waals surface area contributed by atoms with Crippen LogP contribution < -0.4 is 0 Å². The molecule has 0 aliphatic rings. The van der Waals surface area contributed by atoms with Gasteiger partial charge in [-0.15, -0.1) is 0 Å². The molecule has 174 valence electrons. The van der Waals surface area contributed by atoms with E-state index >= 15 is 0 Å². The minimum atomic E-state index is 0.565. The summed E-state index contributed by atoms with van der Waals surface area (Å²) < 4.78 is 0. The van der Waals surface area contributed by atoms with E-state index in [1.807, 2.05) is 36.4 Å². The van der Waals surface area contributed by atoms with Crippen molar-refractivity contribution in [2.24, 2.45) is 0 Å². The predicted octanol–water partition coefficient (Wildman–Crippen LogP) is 8.61. The van der Waals surface area contributed by atoms with Crippen LogP contribution in [0.4, 0.5) is 0 Å². The molecule has 0 radical (unpaired) electrons. The molecular weight excluding hydrogens is 424 g/mol. The highest BCUT2D eigenvalue weighted by atomic mass is 14.2. The van der Waals surface area contributed by atoms with Gasteiger partial charge in [0.25, 0.3) is 0 Å². The van der Waals surface area contributed by atoms with E-state index in [0.717, 1.165) is 24.0 Å². The Morgan fingerprint density at radius 3 is 1.71 bits per heavy atom. The second kappa shape index (κ2) is 14.2. The van der Waals surface area contributed by atoms with Crippen molar-refractivity contribution in [3.8, 4) is 23.3 Å². The lowest BCUT2D eigenvalue weighted by atomic mass is 9.99. The summed E-state index contributed by atoms with van der Waals surface area (Å²) in [7, 11) is 0. The van der Waals surface area contributed by atoms with Crippen LogP contribution in [-0.2, 0) is 12.8 Å². The van der Waals surface area contributed by atoms with E-state index in [1.54, 1.807) is 12.2 Å². The topological polar surface area (TPSA) is 47.6 Å². The SMILES string of the molecule is C=C/C(C#N)=C\C=C\c1ccc(CCCCCCCc2ccc(-c3ccc(C#N)cc3)cc2)cc1. The van der Waals surface area contributed by atoms with E-state index in [1.165, 1.54) is 48.8 Å². The lowest BCUT2D eigenvalue weighted by Gasteiger charge is -2.06. The summed E-state index contributed by atoms with van der Waals surface area (Å²) in [6.45, 7) is 3.62. The van der Waals surface area contributed by atoms with Gasteiger partial charge in [0.2, 0.25) is 0 Å². The van der Waals surface area contributed by atoms with Gasteiger partial charge < -0.3 is 0 Å². The molecule has 2 nitrogen and oxygen atoms in total. The normalized spacial score (nSPS) is 11.2. The molecule has 0 saturated carbocycles. The third kappa shape index (κ3) is 8.62. The summed E-state index contributed by atoms with van der Waals surface area (Å²) in [5.74, 6) is 0. The molecule has 0 aromatic heterocycles. The zero-order chi connectivity index (χ0) is 24.7. The Hall–Kier alpha value is -4.14. The van der Waals surface area contributed by atoms with E-state index < -0.39 is 0 Å². The molecule has 0 N–H and O–H groups in total. The van der Waals surface area contributed by atoms with E-state index in [-0.39, 0.29) is 0 Å².